The van der Waals surface area contributed by atoms with Crippen LogP contribution in [0.5, 0.6) is 0 Å². The molecule has 1 amide bonds. The van der Waals surface area contributed by atoms with Gasteiger partial charge < -0.3 is 15.8 Å². The van der Waals surface area contributed by atoms with Crippen molar-refractivity contribution in [2.24, 2.45) is 5.73 Å². The fraction of sp³-hybridized carbons (Fsp3) is 0.900. The van der Waals surface area contributed by atoms with Crippen molar-refractivity contribution < 1.29 is 9.53 Å². The lowest BCUT2D eigenvalue weighted by Crippen LogP contribution is -2.35. The number of unbranched alkanes of at least 4 members (excludes halogenated alkanes) is 2. The highest BCUT2D eigenvalue weighted by Gasteiger charge is 2.11. The maximum Gasteiger partial charge on any atom is 0.248 e. The van der Waals surface area contributed by atoms with Crippen molar-refractivity contribution in [2.75, 3.05) is 19.7 Å². The van der Waals surface area contributed by atoms with Gasteiger partial charge in [-0.3, -0.25) is 4.79 Å². The van der Waals surface area contributed by atoms with Crippen LogP contribution in [-0.2, 0) is 9.53 Å². The van der Waals surface area contributed by atoms with E-state index in [1.54, 1.807) is 6.92 Å². The van der Waals surface area contributed by atoms with Gasteiger partial charge in [-0.1, -0.05) is 19.8 Å². The molecular weight excluding hydrogens is 180 g/mol. The Kier molecular flexibility index (Phi) is 8.57. The van der Waals surface area contributed by atoms with Crippen LogP contribution >= 0.6 is 0 Å². The number of rotatable bonds is 8. The Morgan fingerprint density at radius 3 is 2.79 bits per heavy atom. The van der Waals surface area contributed by atoms with Crippen LogP contribution in [0.2, 0.25) is 0 Å². The summed E-state index contributed by atoms with van der Waals surface area (Å²) in [4.78, 5) is 11.3. The minimum absolute atomic E-state index is 0.0467. The summed E-state index contributed by atoms with van der Waals surface area (Å²) in [5, 5.41) is 2.82. The smallest absolute Gasteiger partial charge is 0.248 e. The molecule has 0 bridgehead atoms. The van der Waals surface area contributed by atoms with Crippen LogP contribution in [-0.4, -0.2) is 31.7 Å². The molecule has 0 heterocycles. The molecule has 0 rings (SSSR count). The van der Waals surface area contributed by atoms with Gasteiger partial charge in [0.25, 0.3) is 0 Å². The Morgan fingerprint density at radius 1 is 1.50 bits per heavy atom. The van der Waals surface area contributed by atoms with Crippen LogP contribution in [0.15, 0.2) is 0 Å². The maximum atomic E-state index is 11.3. The van der Waals surface area contributed by atoms with E-state index in [0.717, 1.165) is 25.8 Å². The first kappa shape index (κ1) is 13.4. The Labute approximate surface area is 86.2 Å². The zero-order chi connectivity index (χ0) is 10.8. The minimum Gasteiger partial charge on any atom is -0.367 e. The topological polar surface area (TPSA) is 64.3 Å². The summed E-state index contributed by atoms with van der Waals surface area (Å²) in [5.41, 5.74) is 5.26. The molecule has 0 aromatic carbocycles. The highest BCUT2D eigenvalue weighted by atomic mass is 16.5. The monoisotopic (exact) mass is 202 g/mol. The van der Waals surface area contributed by atoms with Crippen LogP contribution < -0.4 is 11.1 Å². The van der Waals surface area contributed by atoms with Gasteiger partial charge in [0.05, 0.1) is 6.61 Å². The zero-order valence-corrected chi connectivity index (χ0v) is 9.21. The van der Waals surface area contributed by atoms with Crippen molar-refractivity contribution >= 4 is 5.91 Å². The Bertz CT molecular complexity index is 151. The number of nitrogens with one attached hydrogen (secondary N) is 1. The average Bonchev–Trinajstić information content (AvgIpc) is 2.20. The second kappa shape index (κ2) is 8.97. The van der Waals surface area contributed by atoms with E-state index in [1.165, 1.54) is 0 Å². The first-order valence-corrected chi connectivity index (χ1v) is 5.31. The summed E-state index contributed by atoms with van der Waals surface area (Å²) >= 11 is 0. The number of carbonyl (C=O) groups excluding carboxylic acids is 1. The molecule has 0 radical (unpaired) electrons. The van der Waals surface area contributed by atoms with Crippen molar-refractivity contribution in [3.05, 3.63) is 0 Å². The molecule has 4 nitrogen and oxygen atoms in total. The molecule has 1 atom stereocenters. The van der Waals surface area contributed by atoms with E-state index < -0.39 is 0 Å². The van der Waals surface area contributed by atoms with Crippen molar-refractivity contribution in [3.8, 4) is 0 Å². The molecule has 84 valence electrons. The van der Waals surface area contributed by atoms with Gasteiger partial charge in [-0.15, -0.1) is 0 Å². The number of carbonyl (C=O) groups is 1. The van der Waals surface area contributed by atoms with Crippen LogP contribution in [0.3, 0.4) is 0 Å². The minimum atomic E-state index is -0.389. The van der Waals surface area contributed by atoms with Gasteiger partial charge in [0.15, 0.2) is 0 Å². The van der Waals surface area contributed by atoms with Gasteiger partial charge in [0.2, 0.25) is 5.91 Å². The molecule has 4 heteroatoms. The first-order chi connectivity index (χ1) is 6.72. The van der Waals surface area contributed by atoms with Crippen LogP contribution in [0.1, 0.15) is 33.1 Å². The summed E-state index contributed by atoms with van der Waals surface area (Å²) in [6, 6.07) is 0. The van der Waals surface area contributed by atoms with Crippen LogP contribution in [0.25, 0.3) is 0 Å². The van der Waals surface area contributed by atoms with Crippen LogP contribution in [0.4, 0.5) is 0 Å². The highest BCUT2D eigenvalue weighted by Crippen LogP contribution is 1.93. The molecule has 0 saturated carbocycles. The zero-order valence-electron chi connectivity index (χ0n) is 9.21. The van der Waals surface area contributed by atoms with Crippen LogP contribution in [0, 0.1) is 0 Å². The fourth-order valence-electron chi connectivity index (χ4n) is 1.05. The number of ether oxygens (including phenoxy) is 1. The molecule has 3 N–H and O–H groups in total. The van der Waals surface area contributed by atoms with E-state index >= 15 is 0 Å². The van der Waals surface area contributed by atoms with E-state index in [9.17, 15) is 4.79 Å². The Balaban J connectivity index is 3.42. The van der Waals surface area contributed by atoms with Crippen molar-refractivity contribution in [3.63, 3.8) is 0 Å². The summed E-state index contributed by atoms with van der Waals surface area (Å²) < 4.78 is 5.17. The number of amides is 1. The van der Waals surface area contributed by atoms with Gasteiger partial charge >= 0.3 is 0 Å². The Morgan fingerprint density at radius 2 is 2.21 bits per heavy atom. The second-order valence-corrected chi connectivity index (χ2v) is 3.30. The third-order valence-electron chi connectivity index (χ3n) is 1.93. The van der Waals surface area contributed by atoms with Crippen molar-refractivity contribution in [1.29, 1.82) is 0 Å². The third kappa shape index (κ3) is 6.86. The lowest BCUT2D eigenvalue weighted by molar-refractivity contribution is -0.131. The van der Waals surface area contributed by atoms with E-state index in [0.29, 0.717) is 13.2 Å². The summed E-state index contributed by atoms with van der Waals surface area (Å²) in [5.74, 6) is -0.0467. The molecule has 0 aliphatic rings. The first-order valence-electron chi connectivity index (χ1n) is 5.31. The predicted molar refractivity (Wildman–Crippen MR) is 57.0 cm³/mol. The normalized spacial score (nSPS) is 12.5. The molecule has 1 unspecified atom stereocenters. The SMILES string of the molecule is CCCCCNC(=O)C(C)OCCN. The van der Waals surface area contributed by atoms with E-state index in [-0.39, 0.29) is 12.0 Å². The lowest BCUT2D eigenvalue weighted by atomic mass is 10.2. The molecule has 0 saturated heterocycles. The largest absolute Gasteiger partial charge is 0.367 e. The summed E-state index contributed by atoms with van der Waals surface area (Å²) in [6.07, 6.45) is 2.96. The van der Waals surface area contributed by atoms with Gasteiger partial charge in [-0.05, 0) is 13.3 Å². The van der Waals surface area contributed by atoms with Gasteiger partial charge in [0.1, 0.15) is 6.10 Å². The lowest BCUT2D eigenvalue weighted by Gasteiger charge is -2.12. The fourth-order valence-corrected chi connectivity index (χ4v) is 1.05. The van der Waals surface area contributed by atoms with Crippen molar-refractivity contribution in [2.45, 2.75) is 39.2 Å². The maximum absolute atomic E-state index is 11.3. The third-order valence-corrected chi connectivity index (χ3v) is 1.93. The molecule has 0 aliphatic heterocycles. The quantitative estimate of drug-likeness (QED) is 0.568. The number of hydrogen-bond acceptors (Lipinski definition) is 3. The highest BCUT2D eigenvalue weighted by molar-refractivity contribution is 5.80. The predicted octanol–water partition coefficient (Wildman–Crippen LogP) is 0.657. The molecule has 0 aliphatic carbocycles. The van der Waals surface area contributed by atoms with Gasteiger partial charge in [-0.2, -0.15) is 0 Å². The van der Waals surface area contributed by atoms with E-state index in [4.69, 9.17) is 10.5 Å². The summed E-state index contributed by atoms with van der Waals surface area (Å²) in [7, 11) is 0. The Hall–Kier alpha value is -0.610. The molecule has 0 aromatic rings. The summed E-state index contributed by atoms with van der Waals surface area (Å²) in [6.45, 7) is 5.50. The van der Waals surface area contributed by atoms with E-state index in [1.807, 2.05) is 0 Å². The molecule has 0 aromatic heterocycles. The van der Waals surface area contributed by atoms with Gasteiger partial charge in [-0.25, -0.2) is 0 Å². The molecule has 0 fully saturated rings. The second-order valence-electron chi connectivity index (χ2n) is 3.30. The van der Waals surface area contributed by atoms with Crippen molar-refractivity contribution in [1.82, 2.24) is 5.32 Å². The van der Waals surface area contributed by atoms with E-state index in [2.05, 4.69) is 12.2 Å². The standard InChI is InChI=1S/C10H22N2O2/c1-3-4-5-7-12-10(13)9(2)14-8-6-11/h9H,3-8,11H2,1-2H3,(H,12,13). The molecular formula is C10H22N2O2. The average molecular weight is 202 g/mol. The number of hydrogen-bond donors (Lipinski definition) is 2. The number of nitrogens with two attached hydrogens (primary N) is 1. The van der Waals surface area contributed by atoms with Gasteiger partial charge in [0, 0.05) is 13.1 Å². The molecule has 14 heavy (non-hydrogen) atoms. The molecule has 0 spiro atoms.